The van der Waals surface area contributed by atoms with Crippen LogP contribution in [-0.2, 0) is 4.74 Å². The SMILES string of the molecule is CC(C)(C)OC(=O)N1CCN(CC2CN3C(c4ccccc4[N+](=O)[O-])=CSC3=N2)CC1. The Kier molecular flexibility index (Phi) is 5.94. The quantitative estimate of drug-likeness (QED) is 0.519. The summed E-state index contributed by atoms with van der Waals surface area (Å²) >= 11 is 1.51. The number of nitro groups is 1. The molecule has 1 unspecified atom stereocenters. The first kappa shape index (κ1) is 21.6. The predicted molar refractivity (Wildman–Crippen MR) is 121 cm³/mol. The molecule has 10 heteroatoms. The Morgan fingerprint density at radius 2 is 1.97 bits per heavy atom. The number of carbonyl (C=O) groups is 1. The van der Waals surface area contributed by atoms with Gasteiger partial charge in [0.1, 0.15) is 5.60 Å². The van der Waals surface area contributed by atoms with Gasteiger partial charge in [-0.25, -0.2) is 4.79 Å². The molecule has 31 heavy (non-hydrogen) atoms. The molecule has 1 fully saturated rings. The van der Waals surface area contributed by atoms with Crippen molar-refractivity contribution in [1.82, 2.24) is 14.7 Å². The molecule has 1 aromatic carbocycles. The van der Waals surface area contributed by atoms with Gasteiger partial charge in [0.05, 0.1) is 22.2 Å². The number of piperazine rings is 1. The number of fused-ring (bicyclic) bond motifs is 1. The van der Waals surface area contributed by atoms with Crippen LogP contribution in [0.4, 0.5) is 10.5 Å². The molecule has 0 saturated carbocycles. The zero-order valence-electron chi connectivity index (χ0n) is 18.0. The molecular formula is C21H27N5O4S. The van der Waals surface area contributed by atoms with Crippen molar-refractivity contribution in [3.05, 3.63) is 45.4 Å². The van der Waals surface area contributed by atoms with E-state index in [1.807, 2.05) is 32.2 Å². The standard InChI is InChI=1S/C21H27N5O4S/c1-21(2,3)30-20(27)24-10-8-23(9-11-24)12-15-13-25-18(14-31-19(25)22-15)16-6-4-5-7-17(16)26(28)29/h4-7,14-15H,8-13H2,1-3H3. The number of hydrogen-bond acceptors (Lipinski definition) is 8. The predicted octanol–water partition coefficient (Wildman–Crippen LogP) is 3.23. The van der Waals surface area contributed by atoms with Crippen LogP contribution in [0.1, 0.15) is 26.3 Å². The van der Waals surface area contributed by atoms with Crippen molar-refractivity contribution in [2.75, 3.05) is 39.3 Å². The molecule has 0 aromatic heterocycles. The van der Waals surface area contributed by atoms with Gasteiger partial charge < -0.3 is 14.5 Å². The van der Waals surface area contributed by atoms with E-state index in [1.165, 1.54) is 17.8 Å². The number of aliphatic imine (C=N–C) groups is 1. The van der Waals surface area contributed by atoms with Crippen molar-refractivity contribution in [2.45, 2.75) is 32.4 Å². The summed E-state index contributed by atoms with van der Waals surface area (Å²) in [5.41, 5.74) is 1.08. The molecule has 4 rings (SSSR count). The average Bonchev–Trinajstić information content (AvgIpc) is 3.27. The molecular weight excluding hydrogens is 418 g/mol. The second-order valence-electron chi connectivity index (χ2n) is 8.84. The van der Waals surface area contributed by atoms with Crippen LogP contribution in [-0.4, -0.2) is 81.8 Å². The first-order valence-electron chi connectivity index (χ1n) is 10.4. The van der Waals surface area contributed by atoms with Gasteiger partial charge >= 0.3 is 6.09 Å². The van der Waals surface area contributed by atoms with Gasteiger partial charge in [0.2, 0.25) is 0 Å². The summed E-state index contributed by atoms with van der Waals surface area (Å²) in [6.45, 7) is 9.95. The maximum atomic E-state index is 12.2. The highest BCUT2D eigenvalue weighted by Crippen LogP contribution is 2.39. The Morgan fingerprint density at radius 3 is 2.65 bits per heavy atom. The highest BCUT2D eigenvalue weighted by Gasteiger charge is 2.36. The van der Waals surface area contributed by atoms with Crippen molar-refractivity contribution >= 4 is 34.4 Å². The number of carbonyl (C=O) groups excluding carboxylic acids is 1. The Hall–Kier alpha value is -2.59. The number of rotatable bonds is 4. The smallest absolute Gasteiger partial charge is 0.410 e. The minimum Gasteiger partial charge on any atom is -0.444 e. The normalized spacial score (nSPS) is 21.6. The van der Waals surface area contributed by atoms with Gasteiger partial charge in [0, 0.05) is 50.7 Å². The molecule has 0 bridgehead atoms. The zero-order chi connectivity index (χ0) is 22.2. The molecule has 1 atom stereocenters. The van der Waals surface area contributed by atoms with Crippen LogP contribution in [0.5, 0.6) is 0 Å². The van der Waals surface area contributed by atoms with Crippen molar-refractivity contribution in [3.8, 4) is 0 Å². The lowest BCUT2D eigenvalue weighted by Crippen LogP contribution is -2.51. The number of thioether (sulfide) groups is 1. The first-order chi connectivity index (χ1) is 14.7. The molecule has 166 valence electrons. The Morgan fingerprint density at radius 1 is 1.26 bits per heavy atom. The number of nitro benzene ring substituents is 1. The second kappa shape index (κ2) is 8.51. The molecule has 1 aromatic rings. The summed E-state index contributed by atoms with van der Waals surface area (Å²) in [5, 5.41) is 14.3. The Labute approximate surface area is 185 Å². The van der Waals surface area contributed by atoms with Gasteiger partial charge in [0.25, 0.3) is 5.69 Å². The van der Waals surface area contributed by atoms with Gasteiger partial charge in [-0.2, -0.15) is 0 Å². The third-order valence-corrected chi connectivity index (χ3v) is 6.23. The minimum atomic E-state index is -0.489. The number of benzene rings is 1. The van der Waals surface area contributed by atoms with E-state index in [4.69, 9.17) is 9.73 Å². The van der Waals surface area contributed by atoms with E-state index in [1.54, 1.807) is 17.0 Å². The summed E-state index contributed by atoms with van der Waals surface area (Å²) in [4.78, 5) is 34.3. The Bertz CT molecular complexity index is 934. The average molecular weight is 446 g/mol. The van der Waals surface area contributed by atoms with Crippen LogP contribution < -0.4 is 0 Å². The maximum absolute atomic E-state index is 12.2. The van der Waals surface area contributed by atoms with Crippen molar-refractivity contribution in [1.29, 1.82) is 0 Å². The second-order valence-corrected chi connectivity index (χ2v) is 9.68. The minimum absolute atomic E-state index is 0.0991. The van der Waals surface area contributed by atoms with Gasteiger partial charge in [-0.3, -0.25) is 20.0 Å². The first-order valence-corrected chi connectivity index (χ1v) is 11.3. The zero-order valence-corrected chi connectivity index (χ0v) is 18.8. The van der Waals surface area contributed by atoms with Crippen LogP contribution in [0.2, 0.25) is 0 Å². The van der Waals surface area contributed by atoms with Crippen molar-refractivity contribution in [2.24, 2.45) is 4.99 Å². The summed E-state index contributed by atoms with van der Waals surface area (Å²) < 4.78 is 5.46. The summed E-state index contributed by atoms with van der Waals surface area (Å²) in [7, 11) is 0. The lowest BCUT2D eigenvalue weighted by atomic mass is 10.1. The van der Waals surface area contributed by atoms with Gasteiger partial charge in [-0.05, 0) is 26.8 Å². The molecule has 0 N–H and O–H groups in total. The summed E-state index contributed by atoms with van der Waals surface area (Å²) in [6.07, 6.45) is -0.260. The molecule has 9 nitrogen and oxygen atoms in total. The van der Waals surface area contributed by atoms with Crippen LogP contribution >= 0.6 is 11.8 Å². The number of amides is 1. The van der Waals surface area contributed by atoms with E-state index in [0.717, 1.165) is 30.5 Å². The molecule has 1 amide bonds. The highest BCUT2D eigenvalue weighted by molar-refractivity contribution is 8.16. The fraction of sp³-hybridized carbons (Fsp3) is 0.524. The number of nitrogens with zero attached hydrogens (tertiary/aromatic N) is 5. The maximum Gasteiger partial charge on any atom is 0.410 e. The van der Waals surface area contributed by atoms with E-state index in [0.29, 0.717) is 25.2 Å². The highest BCUT2D eigenvalue weighted by atomic mass is 32.2. The molecule has 3 aliphatic heterocycles. The molecule has 0 radical (unpaired) electrons. The van der Waals surface area contributed by atoms with Crippen LogP contribution in [0.25, 0.3) is 5.70 Å². The van der Waals surface area contributed by atoms with Crippen LogP contribution in [0.15, 0.2) is 34.7 Å². The van der Waals surface area contributed by atoms with Crippen LogP contribution in [0.3, 0.4) is 0 Å². The molecule has 0 spiro atoms. The number of amidine groups is 1. The summed E-state index contributed by atoms with van der Waals surface area (Å²) in [6, 6.07) is 6.93. The molecule has 1 saturated heterocycles. The van der Waals surface area contributed by atoms with Gasteiger partial charge in [0.15, 0.2) is 5.17 Å². The lowest BCUT2D eigenvalue weighted by molar-refractivity contribution is -0.385. The Balaban J connectivity index is 1.33. The number of para-hydroxylation sites is 1. The fourth-order valence-electron chi connectivity index (χ4n) is 3.92. The van der Waals surface area contributed by atoms with E-state index in [2.05, 4.69) is 9.80 Å². The van der Waals surface area contributed by atoms with E-state index in [-0.39, 0.29) is 22.7 Å². The number of hydrogen-bond donors (Lipinski definition) is 0. The molecule has 3 aliphatic rings. The number of ether oxygens (including phenoxy) is 1. The summed E-state index contributed by atoms with van der Waals surface area (Å²) in [5.74, 6) is 0. The topological polar surface area (TPSA) is 91.5 Å². The molecule has 0 aliphatic carbocycles. The monoisotopic (exact) mass is 445 g/mol. The van der Waals surface area contributed by atoms with Crippen molar-refractivity contribution < 1.29 is 14.5 Å². The van der Waals surface area contributed by atoms with E-state index >= 15 is 0 Å². The third-order valence-electron chi connectivity index (χ3n) is 5.35. The van der Waals surface area contributed by atoms with E-state index < -0.39 is 5.60 Å². The third kappa shape index (κ3) is 4.85. The fourth-order valence-corrected chi connectivity index (χ4v) is 4.90. The van der Waals surface area contributed by atoms with Gasteiger partial charge in [-0.15, -0.1) is 0 Å². The molecule has 3 heterocycles. The van der Waals surface area contributed by atoms with Crippen LogP contribution in [0, 0.1) is 10.1 Å². The van der Waals surface area contributed by atoms with Gasteiger partial charge in [-0.1, -0.05) is 23.9 Å². The van der Waals surface area contributed by atoms with Crippen molar-refractivity contribution in [3.63, 3.8) is 0 Å². The van der Waals surface area contributed by atoms with E-state index in [9.17, 15) is 14.9 Å². The largest absolute Gasteiger partial charge is 0.444 e. The lowest BCUT2D eigenvalue weighted by Gasteiger charge is -2.36.